The van der Waals surface area contributed by atoms with Crippen molar-refractivity contribution in [3.8, 4) is 33.2 Å². The van der Waals surface area contributed by atoms with E-state index in [-0.39, 0.29) is 20.9 Å². The number of nitrogens with zero attached hydrogens (tertiary/aromatic N) is 4. The quantitative estimate of drug-likeness (QED) is 0.321. The first-order valence-electron chi connectivity index (χ1n) is 9.80. The molecule has 8 nitrogen and oxygen atoms in total. The summed E-state index contributed by atoms with van der Waals surface area (Å²) < 4.78 is 46.9. The van der Waals surface area contributed by atoms with Crippen LogP contribution in [-0.2, 0) is 0 Å². The fourth-order valence-corrected chi connectivity index (χ4v) is 4.03. The molecule has 0 radical (unpaired) electrons. The second kappa shape index (κ2) is 9.84. The summed E-state index contributed by atoms with van der Waals surface area (Å²) in [6, 6.07) is 8.59. The molecule has 0 atom stereocenters. The van der Waals surface area contributed by atoms with Crippen LogP contribution in [0.5, 0.6) is 11.5 Å². The Morgan fingerprint density at radius 3 is 2.63 bits per heavy atom. The molecule has 0 unspecified atom stereocenters. The van der Waals surface area contributed by atoms with Crippen LogP contribution in [0.1, 0.15) is 16.1 Å². The number of aromatic nitrogens is 4. The second-order valence-corrected chi connectivity index (χ2v) is 8.39. The highest BCUT2D eigenvalue weighted by Crippen LogP contribution is 2.35. The maximum absolute atomic E-state index is 13.1. The molecule has 0 saturated heterocycles. The van der Waals surface area contributed by atoms with Crippen molar-refractivity contribution in [3.63, 3.8) is 0 Å². The number of ether oxygens (including phenoxy) is 2. The minimum absolute atomic E-state index is 0.137. The summed E-state index contributed by atoms with van der Waals surface area (Å²) in [7, 11) is 1.47. The molecule has 4 rings (SSSR count). The number of anilines is 1. The smallest absolute Gasteiger partial charge is 0.494 e. The van der Waals surface area contributed by atoms with Crippen molar-refractivity contribution >= 4 is 34.0 Å². The Kier molecular flexibility index (Phi) is 6.85. The van der Waals surface area contributed by atoms with Crippen LogP contribution in [0.3, 0.4) is 0 Å². The average Bonchev–Trinajstić information content (AvgIpc) is 3.26. The van der Waals surface area contributed by atoms with E-state index >= 15 is 0 Å². The van der Waals surface area contributed by atoms with E-state index in [2.05, 4.69) is 30.2 Å². The number of amides is 1. The van der Waals surface area contributed by atoms with Gasteiger partial charge in [-0.05, 0) is 31.2 Å². The number of alkyl halides is 3. The number of methoxy groups -OCH3 is 1. The highest BCUT2D eigenvalue weighted by Gasteiger charge is 2.31. The molecule has 3 heterocycles. The lowest BCUT2D eigenvalue weighted by Crippen LogP contribution is -2.17. The third-order valence-electron chi connectivity index (χ3n) is 4.59. The van der Waals surface area contributed by atoms with Crippen molar-refractivity contribution in [2.45, 2.75) is 13.3 Å². The van der Waals surface area contributed by atoms with Crippen molar-refractivity contribution in [2.24, 2.45) is 0 Å². The summed E-state index contributed by atoms with van der Waals surface area (Å²) in [5.74, 6) is -0.510. The van der Waals surface area contributed by atoms with E-state index in [1.807, 2.05) is 0 Å². The van der Waals surface area contributed by atoms with Crippen molar-refractivity contribution in [2.75, 3.05) is 12.4 Å². The molecule has 0 saturated carbocycles. The van der Waals surface area contributed by atoms with Crippen LogP contribution >= 0.6 is 22.9 Å². The highest BCUT2D eigenvalue weighted by atomic mass is 35.5. The molecule has 180 valence electrons. The SMILES string of the molecule is COc1cnc(Cl)cc1-c1cc(C)ncc1C(=O)Nc1nnc(-c2cccc(OC(F)(F)F)c2)s1. The van der Waals surface area contributed by atoms with Gasteiger partial charge >= 0.3 is 6.36 Å². The minimum atomic E-state index is -4.82. The van der Waals surface area contributed by atoms with Gasteiger partial charge in [-0.15, -0.1) is 23.4 Å². The summed E-state index contributed by atoms with van der Waals surface area (Å²) in [5.41, 5.74) is 2.28. The summed E-state index contributed by atoms with van der Waals surface area (Å²) in [4.78, 5) is 21.3. The third-order valence-corrected chi connectivity index (χ3v) is 5.68. The predicted octanol–water partition coefficient (Wildman–Crippen LogP) is 5.78. The predicted molar refractivity (Wildman–Crippen MR) is 124 cm³/mol. The molecule has 13 heteroatoms. The summed E-state index contributed by atoms with van der Waals surface area (Å²) in [5, 5.41) is 11.2. The van der Waals surface area contributed by atoms with E-state index in [1.54, 1.807) is 25.1 Å². The Morgan fingerprint density at radius 1 is 1.09 bits per heavy atom. The highest BCUT2D eigenvalue weighted by molar-refractivity contribution is 7.18. The van der Waals surface area contributed by atoms with Gasteiger partial charge in [-0.3, -0.25) is 15.1 Å². The van der Waals surface area contributed by atoms with Gasteiger partial charge in [-0.25, -0.2) is 4.98 Å². The zero-order valence-electron chi connectivity index (χ0n) is 18.1. The van der Waals surface area contributed by atoms with Gasteiger partial charge in [-0.1, -0.05) is 35.1 Å². The van der Waals surface area contributed by atoms with Crippen LogP contribution < -0.4 is 14.8 Å². The van der Waals surface area contributed by atoms with Gasteiger partial charge in [0.25, 0.3) is 5.91 Å². The molecule has 1 N–H and O–H groups in total. The van der Waals surface area contributed by atoms with E-state index in [0.29, 0.717) is 28.1 Å². The van der Waals surface area contributed by atoms with Gasteiger partial charge in [-0.2, -0.15) is 0 Å². The Hall–Kier alpha value is -3.77. The van der Waals surface area contributed by atoms with Gasteiger partial charge in [0.15, 0.2) is 0 Å². The Morgan fingerprint density at radius 2 is 1.89 bits per heavy atom. The number of benzene rings is 1. The largest absolute Gasteiger partial charge is 0.573 e. The zero-order chi connectivity index (χ0) is 25.2. The Balaban J connectivity index is 1.61. The molecule has 0 spiro atoms. The number of pyridine rings is 2. The van der Waals surface area contributed by atoms with E-state index in [0.717, 1.165) is 11.3 Å². The van der Waals surface area contributed by atoms with Crippen molar-refractivity contribution in [1.29, 1.82) is 0 Å². The van der Waals surface area contributed by atoms with Crippen LogP contribution in [0.15, 0.2) is 48.8 Å². The lowest BCUT2D eigenvalue weighted by atomic mass is 10.0. The minimum Gasteiger partial charge on any atom is -0.494 e. The van der Waals surface area contributed by atoms with Crippen LogP contribution in [0.25, 0.3) is 21.7 Å². The zero-order valence-corrected chi connectivity index (χ0v) is 19.6. The fourth-order valence-electron chi connectivity index (χ4n) is 3.14. The van der Waals surface area contributed by atoms with Crippen molar-refractivity contribution in [3.05, 3.63) is 65.2 Å². The van der Waals surface area contributed by atoms with E-state index in [4.69, 9.17) is 16.3 Å². The maximum atomic E-state index is 13.1. The van der Waals surface area contributed by atoms with Crippen molar-refractivity contribution < 1.29 is 27.4 Å². The van der Waals surface area contributed by atoms with Crippen LogP contribution in [0, 0.1) is 6.92 Å². The monoisotopic (exact) mass is 521 g/mol. The molecular formula is C22H15ClF3N5O3S. The Bertz CT molecular complexity index is 1400. The van der Waals surface area contributed by atoms with Gasteiger partial charge in [0.05, 0.1) is 18.9 Å². The topological polar surface area (TPSA) is 99.1 Å². The number of nitrogens with one attached hydrogen (secondary N) is 1. The number of halogens is 4. The standard InChI is InChI=1S/C22H15ClF3N5O3S/c1-11-6-14(15-8-18(23)28-10-17(15)33-2)16(9-27-11)19(32)29-21-31-30-20(35-21)12-4-3-5-13(7-12)34-22(24,25)26/h3-10H,1-2H3,(H,29,31,32). The maximum Gasteiger partial charge on any atom is 0.573 e. The van der Waals surface area contributed by atoms with Crippen LogP contribution in [-0.4, -0.2) is 39.5 Å². The van der Waals surface area contributed by atoms with Gasteiger partial charge < -0.3 is 9.47 Å². The van der Waals surface area contributed by atoms with E-state index in [9.17, 15) is 18.0 Å². The average molecular weight is 522 g/mol. The molecule has 0 fully saturated rings. The van der Waals surface area contributed by atoms with Crippen molar-refractivity contribution in [1.82, 2.24) is 20.2 Å². The van der Waals surface area contributed by atoms with Gasteiger partial charge in [0.2, 0.25) is 5.13 Å². The first-order valence-corrected chi connectivity index (χ1v) is 11.0. The lowest BCUT2D eigenvalue weighted by Gasteiger charge is -2.13. The molecule has 0 aliphatic carbocycles. The fraction of sp³-hybridized carbons (Fsp3) is 0.136. The number of hydrogen-bond acceptors (Lipinski definition) is 8. The number of carbonyl (C=O) groups excluding carboxylic acids is 1. The number of carbonyl (C=O) groups is 1. The van der Waals surface area contributed by atoms with Crippen LogP contribution in [0.2, 0.25) is 5.15 Å². The molecule has 0 aliphatic heterocycles. The molecular weight excluding hydrogens is 507 g/mol. The molecule has 35 heavy (non-hydrogen) atoms. The summed E-state index contributed by atoms with van der Waals surface area (Å²) >= 11 is 7.05. The molecule has 4 aromatic rings. The first kappa shape index (κ1) is 24.4. The number of hydrogen-bond donors (Lipinski definition) is 1. The van der Waals surface area contributed by atoms with Crippen LogP contribution in [0.4, 0.5) is 18.3 Å². The molecule has 1 amide bonds. The first-order chi connectivity index (χ1) is 16.6. The third kappa shape index (κ3) is 5.84. The van der Waals surface area contributed by atoms with E-state index in [1.165, 1.54) is 37.7 Å². The lowest BCUT2D eigenvalue weighted by molar-refractivity contribution is -0.274. The molecule has 0 bridgehead atoms. The molecule has 0 aliphatic rings. The number of rotatable bonds is 6. The molecule has 3 aromatic heterocycles. The summed E-state index contributed by atoms with van der Waals surface area (Å²) in [6.45, 7) is 1.77. The molecule has 1 aromatic carbocycles. The van der Waals surface area contributed by atoms with Gasteiger partial charge in [0.1, 0.15) is 21.7 Å². The number of aryl methyl sites for hydroxylation is 1. The van der Waals surface area contributed by atoms with E-state index < -0.39 is 18.0 Å². The second-order valence-electron chi connectivity index (χ2n) is 7.02. The Labute approximate surface area is 205 Å². The van der Waals surface area contributed by atoms with Gasteiger partial charge in [0, 0.05) is 28.6 Å². The summed E-state index contributed by atoms with van der Waals surface area (Å²) in [6.07, 6.45) is -1.96. The normalized spacial score (nSPS) is 11.3.